The molecule has 11 nitrogen and oxygen atoms in total. The molecule has 190 valence electrons. The van der Waals surface area contributed by atoms with E-state index in [2.05, 4.69) is 20.4 Å². The summed E-state index contributed by atoms with van der Waals surface area (Å²) in [6.45, 7) is 2.39. The third kappa shape index (κ3) is 6.59. The fourth-order valence-corrected chi connectivity index (χ4v) is 3.56. The van der Waals surface area contributed by atoms with Crippen molar-refractivity contribution in [3.8, 4) is 11.5 Å². The van der Waals surface area contributed by atoms with Crippen LogP contribution >= 0.6 is 0 Å². The lowest BCUT2D eigenvalue weighted by Gasteiger charge is -2.20. The number of aliphatic imine (C=N–C) groups is 1. The van der Waals surface area contributed by atoms with Crippen molar-refractivity contribution in [1.29, 1.82) is 0 Å². The van der Waals surface area contributed by atoms with Crippen molar-refractivity contribution in [3.63, 3.8) is 0 Å². The summed E-state index contributed by atoms with van der Waals surface area (Å²) < 4.78 is 12.1. The minimum absolute atomic E-state index is 0.0113. The van der Waals surface area contributed by atoms with Gasteiger partial charge in [0.25, 0.3) is 11.5 Å². The van der Waals surface area contributed by atoms with Gasteiger partial charge in [-0.3, -0.25) is 24.2 Å². The van der Waals surface area contributed by atoms with Crippen molar-refractivity contribution in [2.75, 3.05) is 27.3 Å². The number of aromatic nitrogens is 3. The first kappa shape index (κ1) is 26.2. The van der Waals surface area contributed by atoms with Gasteiger partial charge < -0.3 is 19.7 Å². The van der Waals surface area contributed by atoms with E-state index in [4.69, 9.17) is 9.47 Å². The second-order valence-corrected chi connectivity index (χ2v) is 8.01. The molecule has 36 heavy (non-hydrogen) atoms. The van der Waals surface area contributed by atoms with Gasteiger partial charge >= 0.3 is 0 Å². The molecule has 0 unspecified atom stereocenters. The van der Waals surface area contributed by atoms with E-state index in [-0.39, 0.29) is 18.5 Å². The molecule has 2 heterocycles. The van der Waals surface area contributed by atoms with E-state index in [9.17, 15) is 14.4 Å². The van der Waals surface area contributed by atoms with Gasteiger partial charge in [-0.15, -0.1) is 0 Å². The van der Waals surface area contributed by atoms with Gasteiger partial charge in [0.1, 0.15) is 11.4 Å². The monoisotopic (exact) mass is 494 g/mol. The molecule has 0 aliphatic carbocycles. The highest BCUT2D eigenvalue weighted by atomic mass is 16.5. The van der Waals surface area contributed by atoms with Crippen molar-refractivity contribution < 1.29 is 19.1 Å². The zero-order valence-corrected chi connectivity index (χ0v) is 20.8. The number of rotatable bonds is 11. The Labute approximate surface area is 208 Å². The summed E-state index contributed by atoms with van der Waals surface area (Å²) >= 11 is 0. The number of carbonyl (C=O) groups excluding carboxylic acids is 2. The highest BCUT2D eigenvalue weighted by Crippen LogP contribution is 2.27. The first-order valence-electron chi connectivity index (χ1n) is 11.3. The van der Waals surface area contributed by atoms with E-state index in [0.717, 1.165) is 11.1 Å². The normalized spacial score (nSPS) is 11.2. The molecule has 0 fully saturated rings. The Balaban J connectivity index is 1.77. The van der Waals surface area contributed by atoms with Crippen LogP contribution in [0.15, 0.2) is 52.5 Å². The Morgan fingerprint density at radius 2 is 2.03 bits per heavy atom. The lowest BCUT2D eigenvalue weighted by Crippen LogP contribution is -2.36. The summed E-state index contributed by atoms with van der Waals surface area (Å²) in [5.74, 6) is 1.64. The molecule has 3 rings (SSSR count). The molecule has 0 radical (unpaired) electrons. The number of hydrogen-bond acceptors (Lipinski definition) is 7. The van der Waals surface area contributed by atoms with Gasteiger partial charge in [-0.2, -0.15) is 0 Å². The van der Waals surface area contributed by atoms with Crippen molar-refractivity contribution in [1.82, 2.24) is 25.0 Å². The van der Waals surface area contributed by atoms with Gasteiger partial charge in [0.15, 0.2) is 17.3 Å². The largest absolute Gasteiger partial charge is 0.493 e. The summed E-state index contributed by atoms with van der Waals surface area (Å²) in [5.41, 5.74) is 1.33. The predicted octanol–water partition coefficient (Wildman–Crippen LogP) is 1.99. The number of benzene rings is 1. The molecule has 2 aromatic heterocycles. The summed E-state index contributed by atoms with van der Waals surface area (Å²) in [5, 5.41) is 5.22. The van der Waals surface area contributed by atoms with E-state index in [1.807, 2.05) is 31.2 Å². The molecule has 0 atom stereocenters. The van der Waals surface area contributed by atoms with Crippen LogP contribution in [0.4, 0.5) is 5.82 Å². The lowest BCUT2D eigenvalue weighted by molar-refractivity contribution is -0.114. The molecule has 11 heteroatoms. The number of nitrogens with zero attached hydrogens (tertiary/aromatic N) is 4. The number of aryl methyl sites for hydroxylation is 2. The molecule has 1 aromatic carbocycles. The highest BCUT2D eigenvalue weighted by Gasteiger charge is 2.16. The number of nitrogens with one attached hydrogen (secondary N) is 2. The molecule has 2 amide bonds. The van der Waals surface area contributed by atoms with Crippen LogP contribution in [0.2, 0.25) is 0 Å². The maximum Gasteiger partial charge on any atom is 0.276 e. The topological polar surface area (TPSA) is 131 Å². The fraction of sp³-hybridized carbons (Fsp3) is 0.320. The molecule has 0 spiro atoms. The van der Waals surface area contributed by atoms with E-state index in [0.29, 0.717) is 42.5 Å². The smallest absolute Gasteiger partial charge is 0.276 e. The van der Waals surface area contributed by atoms with Gasteiger partial charge in [-0.25, -0.2) is 9.98 Å². The molecule has 2 N–H and O–H groups in total. The van der Waals surface area contributed by atoms with Crippen LogP contribution < -0.4 is 20.3 Å². The molecular formula is C25H30N6O5. The van der Waals surface area contributed by atoms with Crippen LogP contribution in [0.1, 0.15) is 27.9 Å². The van der Waals surface area contributed by atoms with Gasteiger partial charge in [-0.05, 0) is 42.7 Å². The van der Waals surface area contributed by atoms with Gasteiger partial charge in [0.05, 0.1) is 14.2 Å². The molecule has 3 aromatic rings. The molecule has 0 saturated carbocycles. The van der Waals surface area contributed by atoms with E-state index in [1.165, 1.54) is 15.8 Å². The number of methoxy groups -OCH3 is 2. The summed E-state index contributed by atoms with van der Waals surface area (Å²) in [4.78, 5) is 46.8. The Morgan fingerprint density at radius 3 is 2.67 bits per heavy atom. The number of hydrogen-bond donors (Lipinski definition) is 2. The van der Waals surface area contributed by atoms with Gasteiger partial charge in [0.2, 0.25) is 6.41 Å². The zero-order valence-electron chi connectivity index (χ0n) is 20.8. The Hall–Kier alpha value is -4.41. The number of aromatic amines is 1. The number of ether oxygens (including phenoxy) is 2. The first-order valence-corrected chi connectivity index (χ1v) is 11.3. The van der Waals surface area contributed by atoms with E-state index >= 15 is 0 Å². The SMILES string of the molecule is COc1ccc(CCN(C=O)/C(CCNC(=O)c2cn(C)[nH]c2=O)=N\c2ncccc2C)cc1OC. The molecule has 0 bridgehead atoms. The Kier molecular flexibility index (Phi) is 8.98. The van der Waals surface area contributed by atoms with Crippen LogP contribution in [-0.4, -0.2) is 65.1 Å². The standard InChI is InChI=1S/C25H30N6O5/c1-17-6-5-11-26-23(17)28-22(9-12-27-24(33)19-15-30(2)29-25(19)34)31(16-32)13-10-18-7-8-20(35-3)21(14-18)36-4/h5-8,11,14-16H,9-10,12-13H2,1-4H3,(H,27,33)(H,29,34)/b28-22-. The predicted molar refractivity (Wildman–Crippen MR) is 135 cm³/mol. The van der Waals surface area contributed by atoms with Crippen LogP contribution in [-0.2, 0) is 18.3 Å². The zero-order chi connectivity index (χ0) is 26.1. The third-order valence-corrected chi connectivity index (χ3v) is 5.49. The number of carbonyl (C=O) groups is 2. The minimum atomic E-state index is -0.506. The van der Waals surface area contributed by atoms with Gasteiger partial charge in [-0.1, -0.05) is 12.1 Å². The van der Waals surface area contributed by atoms with Crippen molar-refractivity contribution in [2.24, 2.45) is 12.0 Å². The number of H-pyrrole nitrogens is 1. The number of pyridine rings is 1. The van der Waals surface area contributed by atoms with Crippen molar-refractivity contribution in [3.05, 3.63) is 69.8 Å². The minimum Gasteiger partial charge on any atom is -0.493 e. The second-order valence-electron chi connectivity index (χ2n) is 8.01. The maximum atomic E-state index is 12.4. The molecular weight excluding hydrogens is 464 g/mol. The van der Waals surface area contributed by atoms with E-state index < -0.39 is 11.5 Å². The summed E-state index contributed by atoms with van der Waals surface area (Å²) in [6, 6.07) is 9.26. The quantitative estimate of drug-likeness (QED) is 0.238. The summed E-state index contributed by atoms with van der Waals surface area (Å²) in [6.07, 6.45) is 4.54. The summed E-state index contributed by atoms with van der Waals surface area (Å²) in [7, 11) is 4.76. The van der Waals surface area contributed by atoms with Crippen LogP contribution in [0, 0.1) is 6.92 Å². The van der Waals surface area contributed by atoms with Crippen molar-refractivity contribution in [2.45, 2.75) is 19.8 Å². The van der Waals surface area contributed by atoms with Gasteiger partial charge in [0, 0.05) is 39.0 Å². The highest BCUT2D eigenvalue weighted by molar-refractivity contribution is 5.95. The van der Waals surface area contributed by atoms with E-state index in [1.54, 1.807) is 33.5 Å². The molecule has 0 aliphatic rings. The average molecular weight is 495 g/mol. The average Bonchev–Trinajstić information content (AvgIpc) is 3.22. The van der Waals surface area contributed by atoms with Crippen LogP contribution in [0.5, 0.6) is 11.5 Å². The Bertz CT molecular complexity index is 1300. The van der Waals surface area contributed by atoms with Crippen molar-refractivity contribution >= 4 is 24.0 Å². The first-order chi connectivity index (χ1) is 17.4. The molecule has 0 saturated heterocycles. The second kappa shape index (κ2) is 12.3. The third-order valence-electron chi connectivity index (χ3n) is 5.49. The van der Waals surface area contributed by atoms with Crippen LogP contribution in [0.25, 0.3) is 0 Å². The number of amidine groups is 1. The maximum absolute atomic E-state index is 12.4. The lowest BCUT2D eigenvalue weighted by atomic mass is 10.1. The van der Waals surface area contributed by atoms with Crippen LogP contribution in [0.3, 0.4) is 0 Å². The molecule has 0 aliphatic heterocycles. The fourth-order valence-electron chi connectivity index (χ4n) is 3.56. The number of amides is 2. The Morgan fingerprint density at radius 1 is 1.25 bits per heavy atom.